The number of nitrogens with zero attached hydrogens (tertiary/aromatic N) is 1. The molecule has 0 aliphatic heterocycles. The van der Waals surface area contributed by atoms with Gasteiger partial charge in [0.1, 0.15) is 5.82 Å². The summed E-state index contributed by atoms with van der Waals surface area (Å²) in [7, 11) is 0. The zero-order chi connectivity index (χ0) is 12.4. The Morgan fingerprint density at radius 3 is 2.44 bits per heavy atom. The van der Waals surface area contributed by atoms with E-state index < -0.39 is 0 Å². The Morgan fingerprint density at radius 2 is 1.61 bits per heavy atom. The van der Waals surface area contributed by atoms with Crippen LogP contribution in [0.2, 0.25) is 0 Å². The van der Waals surface area contributed by atoms with Gasteiger partial charge in [0.25, 0.3) is 0 Å². The van der Waals surface area contributed by atoms with E-state index in [2.05, 4.69) is 29.2 Å². The Kier molecular flexibility index (Phi) is 2.69. The lowest BCUT2D eigenvalue weighted by atomic mass is 10.0. The molecule has 0 saturated carbocycles. The summed E-state index contributed by atoms with van der Waals surface area (Å²) in [6, 6.07) is 20.5. The molecule has 18 heavy (non-hydrogen) atoms. The van der Waals surface area contributed by atoms with Gasteiger partial charge in [-0.2, -0.15) is 0 Å². The highest BCUT2D eigenvalue weighted by Gasteiger charge is 2.04. The van der Waals surface area contributed by atoms with Crippen molar-refractivity contribution in [3.8, 4) is 0 Å². The Morgan fingerprint density at radius 1 is 0.889 bits per heavy atom. The number of hydrogen-bond acceptors (Lipinski definition) is 2. The predicted octanol–water partition coefficient (Wildman–Crippen LogP) is 3.41. The molecule has 0 unspecified atom stereocenters. The van der Waals surface area contributed by atoms with Crippen LogP contribution in [-0.2, 0) is 6.42 Å². The number of para-hydroxylation sites is 1. The molecule has 0 fully saturated rings. The fourth-order valence-corrected chi connectivity index (χ4v) is 2.13. The number of aromatic nitrogens is 1. The molecule has 0 saturated heterocycles. The van der Waals surface area contributed by atoms with Crippen molar-refractivity contribution in [3.05, 3.63) is 71.8 Å². The van der Waals surface area contributed by atoms with E-state index in [4.69, 9.17) is 5.73 Å². The van der Waals surface area contributed by atoms with Crippen LogP contribution in [0.3, 0.4) is 0 Å². The molecule has 3 rings (SSSR count). The van der Waals surface area contributed by atoms with E-state index in [9.17, 15) is 0 Å². The van der Waals surface area contributed by atoms with Gasteiger partial charge in [0.2, 0.25) is 0 Å². The molecule has 0 atom stereocenters. The lowest BCUT2D eigenvalue weighted by Crippen LogP contribution is -1.99. The highest BCUT2D eigenvalue weighted by molar-refractivity contribution is 5.81. The molecule has 0 radical (unpaired) electrons. The molecule has 0 bridgehead atoms. The average Bonchev–Trinajstić information content (AvgIpc) is 2.41. The van der Waals surface area contributed by atoms with Crippen LogP contribution in [-0.4, -0.2) is 4.98 Å². The zero-order valence-corrected chi connectivity index (χ0v) is 10.0. The van der Waals surface area contributed by atoms with Crippen LogP contribution in [0.25, 0.3) is 10.9 Å². The average molecular weight is 234 g/mol. The van der Waals surface area contributed by atoms with Gasteiger partial charge >= 0.3 is 0 Å². The van der Waals surface area contributed by atoms with Gasteiger partial charge in [-0.15, -0.1) is 0 Å². The minimum absolute atomic E-state index is 0.623. The van der Waals surface area contributed by atoms with Gasteiger partial charge in [0.05, 0.1) is 5.52 Å². The number of nitrogens with two attached hydrogens (primary N) is 1. The number of fused-ring (bicyclic) bond motifs is 1. The molecular weight excluding hydrogens is 220 g/mol. The molecule has 0 aliphatic rings. The number of benzene rings is 2. The van der Waals surface area contributed by atoms with E-state index in [1.807, 2.05) is 36.4 Å². The molecule has 2 heteroatoms. The zero-order valence-electron chi connectivity index (χ0n) is 10.0. The van der Waals surface area contributed by atoms with Crippen LogP contribution in [0.1, 0.15) is 11.1 Å². The van der Waals surface area contributed by atoms with Gasteiger partial charge in [0, 0.05) is 11.8 Å². The maximum atomic E-state index is 6.02. The fraction of sp³-hybridized carbons (Fsp3) is 0.0625. The van der Waals surface area contributed by atoms with E-state index in [0.29, 0.717) is 5.82 Å². The first-order valence-corrected chi connectivity index (χ1v) is 6.01. The lowest BCUT2D eigenvalue weighted by Gasteiger charge is -2.07. The molecule has 1 aromatic heterocycles. The van der Waals surface area contributed by atoms with E-state index in [1.165, 1.54) is 5.56 Å². The molecule has 0 spiro atoms. The fourth-order valence-electron chi connectivity index (χ4n) is 2.13. The van der Waals surface area contributed by atoms with E-state index in [0.717, 1.165) is 22.9 Å². The molecule has 2 nitrogen and oxygen atoms in total. The normalized spacial score (nSPS) is 10.7. The van der Waals surface area contributed by atoms with Crippen LogP contribution >= 0.6 is 0 Å². The summed E-state index contributed by atoms with van der Waals surface area (Å²) in [6.07, 6.45) is 0.824. The minimum Gasteiger partial charge on any atom is -0.383 e. The highest BCUT2D eigenvalue weighted by Crippen LogP contribution is 2.20. The van der Waals surface area contributed by atoms with Crippen LogP contribution in [0, 0.1) is 0 Å². The van der Waals surface area contributed by atoms with Crippen LogP contribution in [0.15, 0.2) is 60.7 Å². The molecule has 1 heterocycles. The van der Waals surface area contributed by atoms with Crippen LogP contribution in [0.4, 0.5) is 5.82 Å². The van der Waals surface area contributed by atoms with Crippen LogP contribution in [0.5, 0.6) is 0 Å². The standard InChI is InChI=1S/C16H14N2/c17-16-14(10-12-6-2-1-3-7-12)11-13-8-4-5-9-15(13)18-16/h1-9,11H,10H2,(H2,17,18). The Balaban J connectivity index is 2.04. The van der Waals surface area contributed by atoms with Crippen molar-refractivity contribution in [2.45, 2.75) is 6.42 Å². The first-order chi connectivity index (χ1) is 8.83. The van der Waals surface area contributed by atoms with E-state index >= 15 is 0 Å². The van der Waals surface area contributed by atoms with Gasteiger partial charge in [-0.1, -0.05) is 48.5 Å². The first kappa shape index (κ1) is 10.8. The Hall–Kier alpha value is -2.35. The van der Waals surface area contributed by atoms with Gasteiger partial charge < -0.3 is 5.73 Å². The number of pyridine rings is 1. The third kappa shape index (κ3) is 2.05. The van der Waals surface area contributed by atoms with E-state index in [1.54, 1.807) is 0 Å². The summed E-state index contributed by atoms with van der Waals surface area (Å²) in [4.78, 5) is 4.45. The summed E-state index contributed by atoms with van der Waals surface area (Å²) >= 11 is 0. The van der Waals surface area contributed by atoms with E-state index in [-0.39, 0.29) is 0 Å². The lowest BCUT2D eigenvalue weighted by molar-refractivity contribution is 1.17. The third-order valence-corrected chi connectivity index (χ3v) is 3.07. The summed E-state index contributed by atoms with van der Waals surface area (Å²) in [5.74, 6) is 0.623. The molecule has 2 aromatic carbocycles. The quantitative estimate of drug-likeness (QED) is 0.738. The number of nitrogen functional groups attached to an aromatic ring is 1. The monoisotopic (exact) mass is 234 g/mol. The van der Waals surface area contributed by atoms with Gasteiger partial charge in [0.15, 0.2) is 0 Å². The van der Waals surface area contributed by atoms with Gasteiger partial charge in [-0.25, -0.2) is 4.98 Å². The van der Waals surface area contributed by atoms with Crippen molar-refractivity contribution in [2.24, 2.45) is 0 Å². The van der Waals surface area contributed by atoms with Crippen molar-refractivity contribution < 1.29 is 0 Å². The van der Waals surface area contributed by atoms with Crippen molar-refractivity contribution in [2.75, 3.05) is 5.73 Å². The Labute approximate surface area is 106 Å². The maximum Gasteiger partial charge on any atom is 0.127 e. The summed E-state index contributed by atoms with van der Waals surface area (Å²) in [5.41, 5.74) is 9.31. The second-order valence-corrected chi connectivity index (χ2v) is 4.39. The molecule has 0 aliphatic carbocycles. The van der Waals surface area contributed by atoms with Crippen molar-refractivity contribution in [3.63, 3.8) is 0 Å². The van der Waals surface area contributed by atoms with Crippen LogP contribution < -0.4 is 5.73 Å². The topological polar surface area (TPSA) is 38.9 Å². The van der Waals surface area contributed by atoms with Crippen molar-refractivity contribution in [1.82, 2.24) is 4.98 Å². The molecule has 0 amide bonds. The SMILES string of the molecule is Nc1nc2ccccc2cc1Cc1ccccc1. The number of rotatable bonds is 2. The largest absolute Gasteiger partial charge is 0.383 e. The smallest absolute Gasteiger partial charge is 0.127 e. The summed E-state index contributed by atoms with van der Waals surface area (Å²) < 4.78 is 0. The second-order valence-electron chi connectivity index (χ2n) is 4.39. The minimum atomic E-state index is 0.623. The van der Waals surface area contributed by atoms with Gasteiger partial charge in [-0.05, 0) is 23.3 Å². The number of hydrogen-bond donors (Lipinski definition) is 1. The van der Waals surface area contributed by atoms with Crippen molar-refractivity contribution in [1.29, 1.82) is 0 Å². The molecule has 88 valence electrons. The molecule has 2 N–H and O–H groups in total. The third-order valence-electron chi connectivity index (χ3n) is 3.07. The van der Waals surface area contributed by atoms with Crippen molar-refractivity contribution >= 4 is 16.7 Å². The Bertz CT molecular complexity index is 675. The maximum absolute atomic E-state index is 6.02. The summed E-state index contributed by atoms with van der Waals surface area (Å²) in [5, 5.41) is 1.14. The molecular formula is C16H14N2. The molecule has 3 aromatic rings. The highest BCUT2D eigenvalue weighted by atomic mass is 14.8. The van der Waals surface area contributed by atoms with Gasteiger partial charge in [-0.3, -0.25) is 0 Å². The predicted molar refractivity (Wildman–Crippen MR) is 75.4 cm³/mol. The number of anilines is 1. The first-order valence-electron chi connectivity index (χ1n) is 6.01. The second kappa shape index (κ2) is 4.49. The summed E-state index contributed by atoms with van der Waals surface area (Å²) in [6.45, 7) is 0.